The number of carbonyl (C=O) groups is 1. The number of hydrogen-bond donors (Lipinski definition) is 0. The Hall–Kier alpha value is -2.23. The first-order valence-electron chi connectivity index (χ1n) is 6.26. The van der Waals surface area contributed by atoms with Crippen LogP contribution < -0.4 is 5.56 Å². The second-order valence-electron chi connectivity index (χ2n) is 4.50. The van der Waals surface area contributed by atoms with Gasteiger partial charge in [0.1, 0.15) is 6.54 Å². The second kappa shape index (κ2) is 5.61. The Bertz CT molecular complexity index is 642. The molecular formula is C15H16N2O2. The summed E-state index contributed by atoms with van der Waals surface area (Å²) in [4.78, 5) is 23.7. The van der Waals surface area contributed by atoms with Crippen LogP contribution in [-0.4, -0.2) is 15.6 Å². The number of aryl methyl sites for hydroxylation is 2. The highest BCUT2D eigenvalue weighted by molar-refractivity contribution is 5.95. The van der Waals surface area contributed by atoms with Crippen molar-refractivity contribution in [2.45, 2.75) is 26.8 Å². The third kappa shape index (κ3) is 3.16. The number of hydrogen-bond acceptors (Lipinski definition) is 3. The van der Waals surface area contributed by atoms with Crippen LogP contribution in [0, 0.1) is 6.92 Å². The van der Waals surface area contributed by atoms with Gasteiger partial charge in [-0.3, -0.25) is 9.59 Å². The van der Waals surface area contributed by atoms with Crippen molar-refractivity contribution in [3.8, 4) is 0 Å². The van der Waals surface area contributed by atoms with E-state index in [4.69, 9.17) is 0 Å². The van der Waals surface area contributed by atoms with Crippen molar-refractivity contribution in [2.24, 2.45) is 0 Å². The fraction of sp³-hybridized carbons (Fsp3) is 0.267. The molecule has 0 saturated carbocycles. The molecule has 0 unspecified atom stereocenters. The Balaban J connectivity index is 2.18. The lowest BCUT2D eigenvalue weighted by Crippen LogP contribution is -2.26. The summed E-state index contributed by atoms with van der Waals surface area (Å²) in [5.41, 5.74) is 2.33. The number of carbonyl (C=O) groups excluding carboxylic acids is 1. The number of ketones is 1. The molecule has 1 aromatic heterocycles. The van der Waals surface area contributed by atoms with Crippen molar-refractivity contribution < 1.29 is 4.79 Å². The molecule has 0 fully saturated rings. The maximum absolute atomic E-state index is 12.1. The smallest absolute Gasteiger partial charge is 0.267 e. The van der Waals surface area contributed by atoms with Crippen molar-refractivity contribution in [3.63, 3.8) is 0 Å². The van der Waals surface area contributed by atoms with Gasteiger partial charge in [-0.2, -0.15) is 5.10 Å². The van der Waals surface area contributed by atoms with E-state index in [9.17, 15) is 9.59 Å². The molecular weight excluding hydrogens is 240 g/mol. The first kappa shape index (κ1) is 13.2. The standard InChI is InChI=1S/C15H16N2O2/c1-3-12-4-6-13(7-5-12)14(18)10-17-15(19)8-11(2)9-16-17/h4-9H,3,10H2,1-2H3. The Morgan fingerprint density at radius 1 is 1.26 bits per heavy atom. The van der Waals surface area contributed by atoms with Gasteiger partial charge in [-0.05, 0) is 24.5 Å². The first-order valence-corrected chi connectivity index (χ1v) is 6.26. The molecule has 0 radical (unpaired) electrons. The first-order chi connectivity index (χ1) is 9.10. The topological polar surface area (TPSA) is 52.0 Å². The summed E-state index contributed by atoms with van der Waals surface area (Å²) in [6, 6.07) is 8.92. The third-order valence-corrected chi connectivity index (χ3v) is 2.98. The van der Waals surface area contributed by atoms with Gasteiger partial charge in [-0.1, -0.05) is 31.2 Å². The van der Waals surface area contributed by atoms with Crippen LogP contribution in [0.4, 0.5) is 0 Å². The van der Waals surface area contributed by atoms with Gasteiger partial charge in [-0.25, -0.2) is 4.68 Å². The fourth-order valence-electron chi connectivity index (χ4n) is 1.80. The summed E-state index contributed by atoms with van der Waals surface area (Å²) in [7, 11) is 0. The predicted molar refractivity (Wildman–Crippen MR) is 73.4 cm³/mol. The summed E-state index contributed by atoms with van der Waals surface area (Å²) in [5, 5.41) is 3.96. The van der Waals surface area contributed by atoms with Gasteiger partial charge in [-0.15, -0.1) is 0 Å². The highest BCUT2D eigenvalue weighted by Crippen LogP contribution is 2.06. The van der Waals surface area contributed by atoms with Gasteiger partial charge in [0.05, 0.1) is 6.20 Å². The van der Waals surface area contributed by atoms with Crippen molar-refractivity contribution >= 4 is 5.78 Å². The van der Waals surface area contributed by atoms with Crippen LogP contribution in [0.1, 0.15) is 28.4 Å². The van der Waals surface area contributed by atoms with Gasteiger partial charge < -0.3 is 0 Å². The Labute approximate surface area is 111 Å². The fourth-order valence-corrected chi connectivity index (χ4v) is 1.80. The van der Waals surface area contributed by atoms with E-state index in [2.05, 4.69) is 12.0 Å². The SMILES string of the molecule is CCc1ccc(C(=O)Cn2ncc(C)cc2=O)cc1. The maximum atomic E-state index is 12.1. The van der Waals surface area contributed by atoms with Crippen molar-refractivity contribution in [2.75, 3.05) is 0 Å². The number of rotatable bonds is 4. The van der Waals surface area contributed by atoms with E-state index in [0.29, 0.717) is 5.56 Å². The Morgan fingerprint density at radius 3 is 2.53 bits per heavy atom. The van der Waals surface area contributed by atoms with Gasteiger partial charge >= 0.3 is 0 Å². The molecule has 1 heterocycles. The molecule has 0 aliphatic rings. The summed E-state index contributed by atoms with van der Waals surface area (Å²) in [6.07, 6.45) is 2.52. The van der Waals surface area contributed by atoms with Crippen LogP contribution in [0.3, 0.4) is 0 Å². The number of Topliss-reactive ketones (excluding diaryl/α,β-unsaturated/α-hetero) is 1. The highest BCUT2D eigenvalue weighted by Gasteiger charge is 2.08. The average molecular weight is 256 g/mol. The summed E-state index contributed by atoms with van der Waals surface area (Å²) < 4.78 is 1.18. The summed E-state index contributed by atoms with van der Waals surface area (Å²) in [6.45, 7) is 3.83. The van der Waals surface area contributed by atoms with E-state index in [-0.39, 0.29) is 17.9 Å². The lowest BCUT2D eigenvalue weighted by Gasteiger charge is -2.05. The minimum atomic E-state index is -0.251. The van der Waals surface area contributed by atoms with E-state index in [1.54, 1.807) is 25.3 Å². The number of benzene rings is 1. The van der Waals surface area contributed by atoms with Gasteiger partial charge in [0, 0.05) is 11.6 Å². The van der Waals surface area contributed by atoms with E-state index in [1.165, 1.54) is 16.3 Å². The molecule has 1 aromatic carbocycles. The molecule has 0 bridgehead atoms. The number of nitrogens with zero attached hydrogens (tertiary/aromatic N) is 2. The predicted octanol–water partition coefficient (Wildman–Crippen LogP) is 2.00. The molecule has 0 saturated heterocycles. The zero-order valence-corrected chi connectivity index (χ0v) is 11.1. The summed E-state index contributed by atoms with van der Waals surface area (Å²) >= 11 is 0. The molecule has 0 N–H and O–H groups in total. The molecule has 4 nitrogen and oxygen atoms in total. The average Bonchev–Trinajstić information content (AvgIpc) is 2.42. The van der Waals surface area contributed by atoms with Crippen molar-refractivity contribution in [3.05, 3.63) is 63.6 Å². The van der Waals surface area contributed by atoms with Crippen LogP contribution in [0.25, 0.3) is 0 Å². The van der Waals surface area contributed by atoms with Gasteiger partial charge in [0.25, 0.3) is 5.56 Å². The van der Waals surface area contributed by atoms with Crippen LogP contribution in [0.15, 0.2) is 41.3 Å². The van der Waals surface area contributed by atoms with Crippen molar-refractivity contribution in [1.82, 2.24) is 9.78 Å². The monoisotopic (exact) mass is 256 g/mol. The molecule has 0 spiro atoms. The van der Waals surface area contributed by atoms with Crippen LogP contribution in [0.5, 0.6) is 0 Å². The highest BCUT2D eigenvalue weighted by atomic mass is 16.1. The minimum absolute atomic E-state index is 0.0232. The zero-order chi connectivity index (χ0) is 13.8. The zero-order valence-electron chi connectivity index (χ0n) is 11.1. The molecule has 0 aliphatic heterocycles. The Morgan fingerprint density at radius 2 is 1.95 bits per heavy atom. The van der Waals surface area contributed by atoms with E-state index >= 15 is 0 Å². The van der Waals surface area contributed by atoms with E-state index < -0.39 is 0 Å². The summed E-state index contributed by atoms with van der Waals surface area (Å²) in [5.74, 6) is -0.110. The minimum Gasteiger partial charge on any atom is -0.292 e. The Kier molecular flexibility index (Phi) is 3.90. The lowest BCUT2D eigenvalue weighted by molar-refractivity contribution is 0.0965. The largest absolute Gasteiger partial charge is 0.292 e. The molecule has 98 valence electrons. The normalized spacial score (nSPS) is 10.4. The molecule has 4 heteroatoms. The lowest BCUT2D eigenvalue weighted by atomic mass is 10.1. The van der Waals surface area contributed by atoms with Gasteiger partial charge in [0.2, 0.25) is 0 Å². The maximum Gasteiger partial charge on any atom is 0.267 e. The molecule has 2 aromatic rings. The van der Waals surface area contributed by atoms with E-state index in [1.807, 2.05) is 12.1 Å². The molecule has 19 heavy (non-hydrogen) atoms. The van der Waals surface area contributed by atoms with Crippen LogP contribution in [-0.2, 0) is 13.0 Å². The molecule has 2 rings (SSSR count). The number of aromatic nitrogens is 2. The molecule has 0 aliphatic carbocycles. The third-order valence-electron chi connectivity index (χ3n) is 2.98. The van der Waals surface area contributed by atoms with Crippen LogP contribution in [0.2, 0.25) is 0 Å². The van der Waals surface area contributed by atoms with Gasteiger partial charge in [0.15, 0.2) is 5.78 Å². The molecule has 0 atom stereocenters. The quantitative estimate of drug-likeness (QED) is 0.786. The molecule has 0 amide bonds. The van der Waals surface area contributed by atoms with Crippen molar-refractivity contribution in [1.29, 1.82) is 0 Å². The van der Waals surface area contributed by atoms with Crippen LogP contribution >= 0.6 is 0 Å². The van der Waals surface area contributed by atoms with E-state index in [0.717, 1.165) is 12.0 Å². The second-order valence-corrected chi connectivity index (χ2v) is 4.50.